The molecule has 0 radical (unpaired) electrons. The number of aryl methyl sites for hydroxylation is 2. The minimum absolute atomic E-state index is 0.199. The van der Waals surface area contributed by atoms with Crippen LogP contribution >= 0.6 is 0 Å². The number of aliphatic hydroxyl groups excluding tert-OH is 1. The van der Waals surface area contributed by atoms with Gasteiger partial charge in [-0.2, -0.15) is 0 Å². The first-order chi connectivity index (χ1) is 16.1. The number of ether oxygens (including phenoxy) is 1. The lowest BCUT2D eigenvalue weighted by Gasteiger charge is -2.41. The minimum Gasteiger partial charge on any atom is -0.496 e. The van der Waals surface area contributed by atoms with Gasteiger partial charge >= 0.3 is 0 Å². The van der Waals surface area contributed by atoms with Gasteiger partial charge in [0, 0.05) is 68.9 Å². The van der Waals surface area contributed by atoms with Gasteiger partial charge in [0.25, 0.3) is 0 Å². The van der Waals surface area contributed by atoms with Crippen LogP contribution in [0.1, 0.15) is 28.7 Å². The first kappa shape index (κ1) is 23.4. The van der Waals surface area contributed by atoms with E-state index >= 15 is 0 Å². The third-order valence-corrected chi connectivity index (χ3v) is 6.38. The number of piperazine rings is 1. The summed E-state index contributed by atoms with van der Waals surface area (Å²) in [5.74, 6) is 1.69. The zero-order chi connectivity index (χ0) is 23.2. The summed E-state index contributed by atoms with van der Waals surface area (Å²) in [6.07, 6.45) is 4.66. The van der Waals surface area contributed by atoms with Crippen molar-refractivity contribution in [2.24, 2.45) is 0 Å². The molecule has 1 fully saturated rings. The Bertz CT molecular complexity index is 1050. The van der Waals surface area contributed by atoms with E-state index < -0.39 is 0 Å². The average molecular weight is 447 g/mol. The van der Waals surface area contributed by atoms with Gasteiger partial charge in [0.05, 0.1) is 7.11 Å². The van der Waals surface area contributed by atoms with E-state index in [2.05, 4.69) is 57.9 Å². The van der Waals surface area contributed by atoms with Crippen molar-refractivity contribution in [3.05, 3.63) is 77.1 Å². The van der Waals surface area contributed by atoms with Gasteiger partial charge in [-0.25, -0.2) is 9.97 Å². The Balaban J connectivity index is 1.38. The smallest absolute Gasteiger partial charge is 0.159 e. The van der Waals surface area contributed by atoms with Crippen LogP contribution in [0.2, 0.25) is 0 Å². The molecule has 1 unspecified atom stereocenters. The van der Waals surface area contributed by atoms with Gasteiger partial charge < -0.3 is 9.84 Å². The van der Waals surface area contributed by atoms with Crippen molar-refractivity contribution < 1.29 is 9.84 Å². The number of nitrogens with zero attached hydrogens (tertiary/aromatic N) is 4. The summed E-state index contributed by atoms with van der Waals surface area (Å²) >= 11 is 0. The SMILES string of the molecule is COc1ccc(CN2CCN(Cc3cnc(-c4cccc(C)c4)nc3)CC2CCO)cc1C. The van der Waals surface area contributed by atoms with Crippen LogP contribution in [0.15, 0.2) is 54.9 Å². The van der Waals surface area contributed by atoms with E-state index in [1.165, 1.54) is 11.1 Å². The molecule has 0 spiro atoms. The third kappa shape index (κ3) is 5.96. The van der Waals surface area contributed by atoms with Crippen LogP contribution in [0.3, 0.4) is 0 Å². The number of methoxy groups -OCH3 is 1. The van der Waals surface area contributed by atoms with E-state index in [0.717, 1.165) is 67.4 Å². The Morgan fingerprint density at radius 2 is 1.82 bits per heavy atom. The molecular formula is C27H34N4O2. The largest absolute Gasteiger partial charge is 0.496 e. The van der Waals surface area contributed by atoms with Crippen molar-refractivity contribution in [3.63, 3.8) is 0 Å². The molecule has 0 amide bonds. The highest BCUT2D eigenvalue weighted by atomic mass is 16.5. The molecule has 33 heavy (non-hydrogen) atoms. The molecule has 1 atom stereocenters. The van der Waals surface area contributed by atoms with Gasteiger partial charge in [0.2, 0.25) is 0 Å². The summed E-state index contributed by atoms with van der Waals surface area (Å²) in [5, 5.41) is 9.67. The predicted octanol–water partition coefficient (Wildman–Crippen LogP) is 3.84. The van der Waals surface area contributed by atoms with Crippen LogP contribution in [0.25, 0.3) is 11.4 Å². The van der Waals surface area contributed by atoms with Gasteiger partial charge in [-0.3, -0.25) is 9.80 Å². The van der Waals surface area contributed by atoms with Crippen LogP contribution in [0, 0.1) is 13.8 Å². The van der Waals surface area contributed by atoms with Gasteiger partial charge in [-0.1, -0.05) is 35.9 Å². The Morgan fingerprint density at radius 1 is 1.00 bits per heavy atom. The fourth-order valence-corrected chi connectivity index (χ4v) is 4.63. The van der Waals surface area contributed by atoms with E-state index in [9.17, 15) is 5.11 Å². The van der Waals surface area contributed by atoms with E-state index in [1.54, 1.807) is 7.11 Å². The first-order valence-electron chi connectivity index (χ1n) is 11.6. The number of hydrogen-bond acceptors (Lipinski definition) is 6. The molecule has 0 bridgehead atoms. The van der Waals surface area contributed by atoms with Crippen molar-refractivity contribution in [2.75, 3.05) is 33.4 Å². The molecule has 0 aliphatic carbocycles. The molecular weight excluding hydrogens is 412 g/mol. The lowest BCUT2D eigenvalue weighted by atomic mass is 10.0. The summed E-state index contributed by atoms with van der Waals surface area (Å²) in [5.41, 5.74) is 5.81. The van der Waals surface area contributed by atoms with Crippen molar-refractivity contribution in [3.8, 4) is 17.1 Å². The van der Waals surface area contributed by atoms with Gasteiger partial charge in [-0.15, -0.1) is 0 Å². The molecule has 4 rings (SSSR count). The van der Waals surface area contributed by atoms with E-state index in [1.807, 2.05) is 30.6 Å². The van der Waals surface area contributed by atoms with E-state index in [0.29, 0.717) is 6.04 Å². The highest BCUT2D eigenvalue weighted by Crippen LogP contribution is 2.23. The molecule has 3 aromatic rings. The number of benzene rings is 2. The van der Waals surface area contributed by atoms with Crippen LogP contribution in [0.4, 0.5) is 0 Å². The lowest BCUT2D eigenvalue weighted by Crippen LogP contribution is -2.52. The predicted molar refractivity (Wildman–Crippen MR) is 131 cm³/mol. The minimum atomic E-state index is 0.199. The van der Waals surface area contributed by atoms with Crippen LogP contribution < -0.4 is 4.74 Å². The summed E-state index contributed by atoms with van der Waals surface area (Å²) < 4.78 is 5.39. The zero-order valence-electron chi connectivity index (χ0n) is 19.9. The number of hydrogen-bond donors (Lipinski definition) is 1. The monoisotopic (exact) mass is 446 g/mol. The highest BCUT2D eigenvalue weighted by molar-refractivity contribution is 5.55. The lowest BCUT2D eigenvalue weighted by molar-refractivity contribution is 0.0499. The molecule has 2 heterocycles. The molecule has 2 aromatic carbocycles. The molecule has 6 nitrogen and oxygen atoms in total. The highest BCUT2D eigenvalue weighted by Gasteiger charge is 2.27. The van der Waals surface area contributed by atoms with Gasteiger partial charge in [0.1, 0.15) is 5.75 Å². The zero-order valence-corrected chi connectivity index (χ0v) is 19.9. The van der Waals surface area contributed by atoms with Gasteiger partial charge in [-0.05, 0) is 43.5 Å². The second kappa shape index (κ2) is 10.9. The standard InChI is InChI=1S/C27H34N4O2/c1-20-5-4-6-24(13-20)27-28-15-23(16-29-27)17-30-10-11-31(25(19-30)9-12-32)18-22-7-8-26(33-3)21(2)14-22/h4-8,13-16,25,32H,9-12,17-19H2,1-3H3. The first-order valence-corrected chi connectivity index (χ1v) is 11.6. The third-order valence-electron chi connectivity index (χ3n) is 6.38. The maximum Gasteiger partial charge on any atom is 0.159 e. The summed E-state index contributed by atoms with van der Waals surface area (Å²) in [7, 11) is 1.71. The number of aliphatic hydroxyl groups is 1. The Morgan fingerprint density at radius 3 is 2.52 bits per heavy atom. The Kier molecular flexibility index (Phi) is 7.70. The van der Waals surface area contributed by atoms with Crippen LogP contribution in [-0.2, 0) is 13.1 Å². The van der Waals surface area contributed by atoms with Crippen LogP contribution in [0.5, 0.6) is 5.75 Å². The fraction of sp³-hybridized carbons (Fsp3) is 0.407. The second-order valence-electron chi connectivity index (χ2n) is 8.96. The van der Waals surface area contributed by atoms with Gasteiger partial charge in [0.15, 0.2) is 5.82 Å². The Labute approximate surface area is 196 Å². The topological polar surface area (TPSA) is 61.7 Å². The van der Waals surface area contributed by atoms with Crippen molar-refractivity contribution in [1.29, 1.82) is 0 Å². The summed E-state index contributed by atoms with van der Waals surface area (Å²) in [4.78, 5) is 14.1. The van der Waals surface area contributed by atoms with Crippen LogP contribution in [-0.4, -0.2) is 64.3 Å². The number of aromatic nitrogens is 2. The molecule has 1 saturated heterocycles. The molecule has 1 aliphatic rings. The molecule has 1 aliphatic heterocycles. The maximum atomic E-state index is 9.67. The molecule has 0 saturated carbocycles. The van der Waals surface area contributed by atoms with Crippen molar-refractivity contribution >= 4 is 0 Å². The fourth-order valence-electron chi connectivity index (χ4n) is 4.63. The summed E-state index contributed by atoms with van der Waals surface area (Å²) in [6, 6.07) is 15.0. The summed E-state index contributed by atoms with van der Waals surface area (Å²) in [6.45, 7) is 8.95. The second-order valence-corrected chi connectivity index (χ2v) is 8.96. The van der Waals surface area contributed by atoms with Crippen molar-refractivity contribution in [2.45, 2.75) is 39.4 Å². The maximum absolute atomic E-state index is 9.67. The molecule has 1 N–H and O–H groups in total. The van der Waals surface area contributed by atoms with E-state index in [-0.39, 0.29) is 6.61 Å². The quantitative estimate of drug-likeness (QED) is 0.567. The normalized spacial score (nSPS) is 17.3. The van der Waals surface area contributed by atoms with E-state index in [4.69, 9.17) is 4.74 Å². The molecule has 6 heteroatoms. The number of rotatable bonds is 8. The molecule has 1 aromatic heterocycles. The average Bonchev–Trinajstić information content (AvgIpc) is 2.81. The molecule has 174 valence electrons. The Hall–Kier alpha value is -2.80. The van der Waals surface area contributed by atoms with Crippen molar-refractivity contribution in [1.82, 2.24) is 19.8 Å².